The highest BCUT2D eigenvalue weighted by atomic mass is 32.2. The van der Waals surface area contributed by atoms with Crippen molar-refractivity contribution < 1.29 is 18.0 Å². The minimum Gasteiger partial charge on any atom is -0.388 e. The molecule has 1 atom stereocenters. The van der Waals surface area contributed by atoms with Crippen LogP contribution in [-0.2, 0) is 22.0 Å². The van der Waals surface area contributed by atoms with Crippen molar-refractivity contribution in [3.8, 4) is 0 Å². The molecule has 92 valence electrons. The first-order chi connectivity index (χ1) is 7.22. The molecule has 1 aromatic heterocycles. The first kappa shape index (κ1) is 13.1. The Hall–Kier alpha value is -0.990. The Bertz CT molecular complexity index is 452. The molecule has 0 saturated heterocycles. The quantitative estimate of drug-likeness (QED) is 0.677. The van der Waals surface area contributed by atoms with E-state index in [2.05, 4.69) is 10.1 Å². The van der Waals surface area contributed by atoms with Crippen LogP contribution in [0.5, 0.6) is 0 Å². The molecule has 0 bridgehead atoms. The van der Waals surface area contributed by atoms with E-state index >= 15 is 0 Å². The lowest BCUT2D eigenvalue weighted by molar-refractivity contribution is 0.0610. The molecular formula is C8H15N3O4S. The molecule has 0 spiro atoms. The molecule has 8 heteroatoms. The van der Waals surface area contributed by atoms with Crippen LogP contribution in [0, 0.1) is 0 Å². The minimum atomic E-state index is -3.19. The van der Waals surface area contributed by atoms with E-state index in [1.807, 2.05) is 0 Å². The van der Waals surface area contributed by atoms with Crippen molar-refractivity contribution in [2.24, 2.45) is 5.73 Å². The van der Waals surface area contributed by atoms with Gasteiger partial charge in [0.1, 0.15) is 5.75 Å². The molecule has 0 aliphatic rings. The van der Waals surface area contributed by atoms with E-state index in [0.29, 0.717) is 0 Å². The van der Waals surface area contributed by atoms with Crippen LogP contribution < -0.4 is 5.73 Å². The number of sulfone groups is 1. The molecular weight excluding hydrogens is 234 g/mol. The molecule has 1 unspecified atom stereocenters. The van der Waals surface area contributed by atoms with Crippen LogP contribution in [0.1, 0.15) is 18.6 Å². The van der Waals surface area contributed by atoms with Crippen LogP contribution in [0.25, 0.3) is 0 Å². The van der Waals surface area contributed by atoms with Crippen LogP contribution in [0.15, 0.2) is 4.52 Å². The highest BCUT2D eigenvalue weighted by molar-refractivity contribution is 7.89. The normalized spacial score (nSPS) is 16.0. The summed E-state index contributed by atoms with van der Waals surface area (Å²) in [7, 11) is -3.19. The SMILES string of the molecule is CC(O)(CN)Cc1nc(CS(C)(=O)=O)no1. The number of aromatic nitrogens is 2. The van der Waals surface area contributed by atoms with Crippen LogP contribution >= 0.6 is 0 Å². The van der Waals surface area contributed by atoms with E-state index in [1.165, 1.54) is 6.92 Å². The van der Waals surface area contributed by atoms with Crippen molar-refractivity contribution in [2.75, 3.05) is 12.8 Å². The topological polar surface area (TPSA) is 119 Å². The summed E-state index contributed by atoms with van der Waals surface area (Å²) in [6, 6.07) is 0. The Balaban J connectivity index is 2.73. The standard InChI is InChI=1S/C8H15N3O4S/c1-8(12,5-9)3-7-10-6(11-15-7)4-16(2,13)14/h12H,3-5,9H2,1-2H3. The molecule has 3 N–H and O–H groups in total. The molecule has 1 aromatic rings. The van der Waals surface area contributed by atoms with Gasteiger partial charge in [-0.1, -0.05) is 5.16 Å². The lowest BCUT2D eigenvalue weighted by Gasteiger charge is -2.17. The molecule has 0 radical (unpaired) electrons. The third-order valence-corrected chi connectivity index (χ3v) is 2.66. The van der Waals surface area contributed by atoms with Gasteiger partial charge in [-0.2, -0.15) is 4.98 Å². The molecule has 0 aliphatic carbocycles. The zero-order valence-electron chi connectivity index (χ0n) is 9.17. The van der Waals surface area contributed by atoms with Gasteiger partial charge in [0.25, 0.3) is 0 Å². The third-order valence-electron chi connectivity index (χ3n) is 1.87. The van der Waals surface area contributed by atoms with Crippen molar-refractivity contribution in [1.29, 1.82) is 0 Å². The van der Waals surface area contributed by atoms with Crippen LogP contribution in [0.3, 0.4) is 0 Å². The van der Waals surface area contributed by atoms with Crippen molar-refractivity contribution in [3.63, 3.8) is 0 Å². The summed E-state index contributed by atoms with van der Waals surface area (Å²) >= 11 is 0. The molecule has 0 amide bonds. The van der Waals surface area contributed by atoms with E-state index < -0.39 is 15.4 Å². The predicted molar refractivity (Wildman–Crippen MR) is 56.2 cm³/mol. The summed E-state index contributed by atoms with van der Waals surface area (Å²) < 4.78 is 26.7. The zero-order chi connectivity index (χ0) is 12.4. The van der Waals surface area contributed by atoms with Gasteiger partial charge in [0, 0.05) is 12.8 Å². The second-order valence-electron chi connectivity index (χ2n) is 4.05. The van der Waals surface area contributed by atoms with Crippen molar-refractivity contribution >= 4 is 9.84 Å². The van der Waals surface area contributed by atoms with Gasteiger partial charge >= 0.3 is 0 Å². The molecule has 0 fully saturated rings. The van der Waals surface area contributed by atoms with Gasteiger partial charge < -0.3 is 15.4 Å². The maximum Gasteiger partial charge on any atom is 0.229 e. The average Bonchev–Trinajstić information content (AvgIpc) is 2.48. The van der Waals surface area contributed by atoms with Crippen LogP contribution in [-0.4, -0.2) is 42.1 Å². The first-order valence-electron chi connectivity index (χ1n) is 4.63. The maximum absolute atomic E-state index is 11.0. The summed E-state index contributed by atoms with van der Waals surface area (Å²) in [4.78, 5) is 3.86. The Labute approximate surface area is 93.6 Å². The molecule has 0 saturated carbocycles. The van der Waals surface area contributed by atoms with Crippen molar-refractivity contribution in [1.82, 2.24) is 10.1 Å². The van der Waals surface area contributed by atoms with Gasteiger partial charge in [-0.25, -0.2) is 8.42 Å². The smallest absolute Gasteiger partial charge is 0.229 e. The molecule has 1 rings (SSSR count). The highest BCUT2D eigenvalue weighted by Gasteiger charge is 2.23. The van der Waals surface area contributed by atoms with E-state index in [-0.39, 0.29) is 30.4 Å². The Kier molecular flexibility index (Phi) is 3.66. The van der Waals surface area contributed by atoms with Gasteiger partial charge in [0.2, 0.25) is 5.89 Å². The highest BCUT2D eigenvalue weighted by Crippen LogP contribution is 2.10. The summed E-state index contributed by atoms with van der Waals surface area (Å²) in [6.45, 7) is 1.59. The molecule has 1 heterocycles. The van der Waals surface area contributed by atoms with Gasteiger partial charge in [0.15, 0.2) is 15.7 Å². The lowest BCUT2D eigenvalue weighted by atomic mass is 10.0. The van der Waals surface area contributed by atoms with E-state index in [1.54, 1.807) is 0 Å². The fourth-order valence-electron chi connectivity index (χ4n) is 1.05. The van der Waals surface area contributed by atoms with Crippen molar-refractivity contribution in [3.05, 3.63) is 11.7 Å². The second-order valence-corrected chi connectivity index (χ2v) is 6.19. The number of nitrogens with two attached hydrogens (primary N) is 1. The number of nitrogens with zero attached hydrogens (tertiary/aromatic N) is 2. The fraction of sp³-hybridized carbons (Fsp3) is 0.750. The van der Waals surface area contributed by atoms with Gasteiger partial charge in [0.05, 0.1) is 12.0 Å². The summed E-state index contributed by atoms with van der Waals surface area (Å²) in [6.07, 6.45) is 1.18. The monoisotopic (exact) mass is 249 g/mol. The fourth-order valence-corrected chi connectivity index (χ4v) is 1.64. The Morgan fingerprint density at radius 3 is 2.69 bits per heavy atom. The summed E-state index contributed by atoms with van der Waals surface area (Å²) in [5.74, 6) is -0.0132. The zero-order valence-corrected chi connectivity index (χ0v) is 9.99. The molecule has 0 aromatic carbocycles. The lowest BCUT2D eigenvalue weighted by Crippen LogP contribution is -2.36. The second kappa shape index (κ2) is 4.48. The Morgan fingerprint density at radius 1 is 1.56 bits per heavy atom. The van der Waals surface area contributed by atoms with Crippen molar-refractivity contribution in [2.45, 2.75) is 24.7 Å². The Morgan fingerprint density at radius 2 is 2.19 bits per heavy atom. The molecule has 16 heavy (non-hydrogen) atoms. The molecule has 7 nitrogen and oxygen atoms in total. The van der Waals surface area contributed by atoms with E-state index in [0.717, 1.165) is 6.26 Å². The van der Waals surface area contributed by atoms with E-state index in [4.69, 9.17) is 10.3 Å². The van der Waals surface area contributed by atoms with E-state index in [9.17, 15) is 13.5 Å². The molecule has 0 aliphatic heterocycles. The number of hydrogen-bond acceptors (Lipinski definition) is 7. The first-order valence-corrected chi connectivity index (χ1v) is 6.69. The van der Waals surface area contributed by atoms with Crippen LogP contribution in [0.4, 0.5) is 0 Å². The predicted octanol–water partition coefficient (Wildman–Crippen LogP) is -1.13. The largest absolute Gasteiger partial charge is 0.388 e. The maximum atomic E-state index is 11.0. The third kappa shape index (κ3) is 4.25. The number of hydrogen-bond donors (Lipinski definition) is 2. The van der Waals surface area contributed by atoms with Crippen LogP contribution in [0.2, 0.25) is 0 Å². The van der Waals surface area contributed by atoms with Gasteiger partial charge in [-0.05, 0) is 6.92 Å². The minimum absolute atomic E-state index is 0.0524. The summed E-state index contributed by atoms with van der Waals surface area (Å²) in [5, 5.41) is 13.2. The van der Waals surface area contributed by atoms with Gasteiger partial charge in [-0.15, -0.1) is 0 Å². The average molecular weight is 249 g/mol. The number of aliphatic hydroxyl groups is 1. The van der Waals surface area contributed by atoms with Gasteiger partial charge in [-0.3, -0.25) is 0 Å². The summed E-state index contributed by atoms with van der Waals surface area (Å²) in [5.41, 5.74) is 4.20. The number of rotatable bonds is 5.